The minimum Gasteiger partial charge on any atom is -0.494 e. The second-order valence-electron chi connectivity index (χ2n) is 3.73. The summed E-state index contributed by atoms with van der Waals surface area (Å²) in [6.07, 6.45) is 0. The van der Waals surface area contributed by atoms with E-state index in [4.69, 9.17) is 9.84 Å². The average Bonchev–Trinajstić information content (AvgIpc) is 2.71. The van der Waals surface area contributed by atoms with E-state index >= 15 is 0 Å². The van der Waals surface area contributed by atoms with E-state index in [1.807, 2.05) is 0 Å². The molecule has 6 heteroatoms. The first-order chi connectivity index (χ1) is 8.54. The Morgan fingerprint density at radius 2 is 2.22 bits per heavy atom. The molecule has 94 valence electrons. The molecule has 0 saturated heterocycles. The normalized spacial score (nSPS) is 10.4. The van der Waals surface area contributed by atoms with Crippen molar-refractivity contribution in [1.82, 2.24) is 10.2 Å². The van der Waals surface area contributed by atoms with Crippen molar-refractivity contribution in [3.8, 4) is 16.9 Å². The van der Waals surface area contributed by atoms with Gasteiger partial charge in [-0.1, -0.05) is 6.07 Å². The predicted octanol–water partition coefficient (Wildman–Crippen LogP) is 2.23. The highest BCUT2D eigenvalue weighted by Gasteiger charge is 2.19. The van der Waals surface area contributed by atoms with Crippen LogP contribution in [0, 0.1) is 12.7 Å². The van der Waals surface area contributed by atoms with E-state index in [1.54, 1.807) is 13.0 Å². The maximum Gasteiger partial charge on any atom is 0.357 e. The van der Waals surface area contributed by atoms with Gasteiger partial charge in [-0.3, -0.25) is 5.10 Å². The molecule has 18 heavy (non-hydrogen) atoms. The monoisotopic (exact) mass is 250 g/mol. The molecule has 0 aliphatic carbocycles. The number of nitrogens with one attached hydrogen (secondary N) is 1. The fourth-order valence-electron chi connectivity index (χ4n) is 1.76. The number of nitrogens with zero attached hydrogens (tertiary/aromatic N) is 1. The number of carbonyl (C=O) groups is 1. The Labute approximate surface area is 102 Å². The van der Waals surface area contributed by atoms with Crippen LogP contribution in [0.5, 0.6) is 5.75 Å². The molecule has 1 aromatic carbocycles. The largest absolute Gasteiger partial charge is 0.494 e. The minimum atomic E-state index is -1.16. The highest BCUT2D eigenvalue weighted by molar-refractivity contribution is 5.94. The van der Waals surface area contributed by atoms with Crippen molar-refractivity contribution in [1.29, 1.82) is 0 Å². The molecule has 2 aromatic rings. The Kier molecular flexibility index (Phi) is 3.01. The maximum absolute atomic E-state index is 13.6. The number of H-pyrrole nitrogens is 1. The van der Waals surface area contributed by atoms with Crippen LogP contribution in [0.25, 0.3) is 11.1 Å². The highest BCUT2D eigenvalue weighted by Crippen LogP contribution is 2.29. The summed E-state index contributed by atoms with van der Waals surface area (Å²) >= 11 is 0. The van der Waals surface area contributed by atoms with E-state index in [9.17, 15) is 9.18 Å². The van der Waals surface area contributed by atoms with Crippen LogP contribution in [-0.4, -0.2) is 28.4 Å². The number of aromatic nitrogens is 2. The minimum absolute atomic E-state index is 0.108. The topological polar surface area (TPSA) is 75.2 Å². The van der Waals surface area contributed by atoms with Gasteiger partial charge in [0, 0.05) is 11.3 Å². The van der Waals surface area contributed by atoms with E-state index in [-0.39, 0.29) is 11.4 Å². The van der Waals surface area contributed by atoms with Gasteiger partial charge in [0.05, 0.1) is 7.11 Å². The first kappa shape index (κ1) is 12.1. The Hall–Kier alpha value is -2.37. The number of carboxylic acid groups (broad SMARTS) is 1. The van der Waals surface area contributed by atoms with Gasteiger partial charge in [0.25, 0.3) is 0 Å². The molecule has 0 saturated carbocycles. The van der Waals surface area contributed by atoms with E-state index < -0.39 is 11.8 Å². The van der Waals surface area contributed by atoms with Gasteiger partial charge in [-0.2, -0.15) is 5.10 Å². The Balaban J connectivity index is 2.58. The van der Waals surface area contributed by atoms with Gasteiger partial charge in [-0.15, -0.1) is 0 Å². The molecule has 0 fully saturated rings. The second kappa shape index (κ2) is 4.48. The van der Waals surface area contributed by atoms with Gasteiger partial charge < -0.3 is 9.84 Å². The van der Waals surface area contributed by atoms with Gasteiger partial charge in [-0.25, -0.2) is 9.18 Å². The lowest BCUT2D eigenvalue weighted by Gasteiger charge is -2.05. The average molecular weight is 250 g/mol. The molecule has 0 aliphatic rings. The molecule has 0 amide bonds. The third kappa shape index (κ3) is 1.92. The number of benzene rings is 1. The van der Waals surface area contributed by atoms with Gasteiger partial charge in [0.2, 0.25) is 0 Å². The molecule has 5 nitrogen and oxygen atoms in total. The Morgan fingerprint density at radius 1 is 1.50 bits per heavy atom. The molecule has 0 atom stereocenters. The zero-order valence-corrected chi connectivity index (χ0v) is 9.82. The first-order valence-corrected chi connectivity index (χ1v) is 5.16. The molecule has 1 heterocycles. The second-order valence-corrected chi connectivity index (χ2v) is 3.73. The van der Waals surface area contributed by atoms with Crippen LogP contribution in [0.1, 0.15) is 16.2 Å². The molecule has 0 bridgehead atoms. The number of aromatic amines is 1. The SMILES string of the molecule is COc1ccc(-c2c(C(=O)O)n[nH]c2C)cc1F. The van der Waals surface area contributed by atoms with Gasteiger partial charge in [-0.05, 0) is 24.6 Å². The van der Waals surface area contributed by atoms with E-state index in [0.29, 0.717) is 16.8 Å². The molecule has 2 N–H and O–H groups in total. The van der Waals surface area contributed by atoms with Crippen molar-refractivity contribution < 1.29 is 19.0 Å². The van der Waals surface area contributed by atoms with Crippen molar-refractivity contribution in [2.75, 3.05) is 7.11 Å². The third-order valence-corrected chi connectivity index (χ3v) is 2.59. The number of rotatable bonds is 3. The highest BCUT2D eigenvalue weighted by atomic mass is 19.1. The van der Waals surface area contributed by atoms with E-state index in [1.165, 1.54) is 19.2 Å². The smallest absolute Gasteiger partial charge is 0.357 e. The lowest BCUT2D eigenvalue weighted by atomic mass is 10.0. The van der Waals surface area contributed by atoms with Crippen LogP contribution in [0.2, 0.25) is 0 Å². The molecule has 0 unspecified atom stereocenters. The van der Waals surface area contributed by atoms with Crippen LogP contribution in [0.15, 0.2) is 18.2 Å². The van der Waals surface area contributed by atoms with Gasteiger partial charge >= 0.3 is 5.97 Å². The number of ether oxygens (including phenoxy) is 1. The number of aryl methyl sites for hydroxylation is 1. The zero-order valence-electron chi connectivity index (χ0n) is 9.82. The van der Waals surface area contributed by atoms with E-state index in [2.05, 4.69) is 10.2 Å². The summed E-state index contributed by atoms with van der Waals surface area (Å²) < 4.78 is 18.4. The Morgan fingerprint density at radius 3 is 2.78 bits per heavy atom. The molecular formula is C12H11FN2O3. The summed E-state index contributed by atoms with van der Waals surface area (Å²) in [6, 6.07) is 4.26. The summed E-state index contributed by atoms with van der Waals surface area (Å²) in [5.41, 5.74) is 1.26. The summed E-state index contributed by atoms with van der Waals surface area (Å²) in [6.45, 7) is 1.68. The molecule has 0 aliphatic heterocycles. The quantitative estimate of drug-likeness (QED) is 0.875. The number of hydrogen-bond acceptors (Lipinski definition) is 3. The lowest BCUT2D eigenvalue weighted by molar-refractivity contribution is 0.0691. The van der Waals surface area contributed by atoms with Crippen molar-refractivity contribution >= 4 is 5.97 Å². The number of hydrogen-bond donors (Lipinski definition) is 2. The lowest BCUT2D eigenvalue weighted by Crippen LogP contribution is -1.99. The summed E-state index contributed by atoms with van der Waals surface area (Å²) in [5, 5.41) is 15.3. The van der Waals surface area contributed by atoms with Crippen molar-refractivity contribution in [3.63, 3.8) is 0 Å². The maximum atomic E-state index is 13.6. The first-order valence-electron chi connectivity index (χ1n) is 5.16. The van der Waals surface area contributed by atoms with Crippen LogP contribution >= 0.6 is 0 Å². The van der Waals surface area contributed by atoms with Crippen LogP contribution in [0.3, 0.4) is 0 Å². The predicted molar refractivity (Wildman–Crippen MR) is 62.2 cm³/mol. The van der Waals surface area contributed by atoms with Crippen LogP contribution in [-0.2, 0) is 0 Å². The number of methoxy groups -OCH3 is 1. The fourth-order valence-corrected chi connectivity index (χ4v) is 1.76. The molecular weight excluding hydrogens is 239 g/mol. The number of carboxylic acids is 1. The van der Waals surface area contributed by atoms with Crippen molar-refractivity contribution in [3.05, 3.63) is 35.4 Å². The van der Waals surface area contributed by atoms with Crippen molar-refractivity contribution in [2.24, 2.45) is 0 Å². The summed E-state index contributed by atoms with van der Waals surface area (Å²) in [4.78, 5) is 11.0. The standard InChI is InChI=1S/C12H11FN2O3/c1-6-10(11(12(16)17)15-14-6)7-3-4-9(18-2)8(13)5-7/h3-5H,1-2H3,(H,14,15)(H,16,17). The summed E-state index contributed by atoms with van der Waals surface area (Å²) in [5.74, 6) is -1.60. The zero-order chi connectivity index (χ0) is 13.3. The van der Waals surface area contributed by atoms with E-state index in [0.717, 1.165) is 0 Å². The molecule has 1 aromatic heterocycles. The number of halogens is 1. The molecule has 0 spiro atoms. The summed E-state index contributed by atoms with van der Waals surface area (Å²) in [7, 11) is 1.36. The number of aromatic carboxylic acids is 1. The molecule has 0 radical (unpaired) electrons. The van der Waals surface area contributed by atoms with Gasteiger partial charge in [0.15, 0.2) is 17.3 Å². The van der Waals surface area contributed by atoms with Gasteiger partial charge in [0.1, 0.15) is 0 Å². The Bertz CT molecular complexity index is 607. The third-order valence-electron chi connectivity index (χ3n) is 2.59. The van der Waals surface area contributed by atoms with Crippen molar-refractivity contribution in [2.45, 2.75) is 6.92 Å². The molecule has 2 rings (SSSR count). The fraction of sp³-hybridized carbons (Fsp3) is 0.167. The van der Waals surface area contributed by atoms with Crippen LogP contribution < -0.4 is 4.74 Å². The van der Waals surface area contributed by atoms with Crippen LogP contribution in [0.4, 0.5) is 4.39 Å².